The minimum absolute atomic E-state index is 0.0101. The number of halogens is 3. The van der Waals surface area contributed by atoms with E-state index >= 15 is 0 Å². The third kappa shape index (κ3) is 3.31. The molecule has 3 rings (SSSR count). The van der Waals surface area contributed by atoms with E-state index in [0.29, 0.717) is 13.2 Å². The molecule has 1 aliphatic heterocycles. The highest BCUT2D eigenvalue weighted by Crippen LogP contribution is 2.39. The molecule has 1 aromatic heterocycles. The molecule has 0 saturated heterocycles. The maximum Gasteiger partial charge on any atom is 0.346 e. The smallest absolute Gasteiger partial charge is 0.346 e. The Labute approximate surface area is 154 Å². The van der Waals surface area contributed by atoms with Crippen molar-refractivity contribution in [3.8, 4) is 11.6 Å². The van der Waals surface area contributed by atoms with Crippen LogP contribution in [0.15, 0.2) is 23.2 Å². The third-order valence-electron chi connectivity index (χ3n) is 3.65. The monoisotopic (exact) mass is 410 g/mol. The van der Waals surface area contributed by atoms with Crippen LogP contribution in [0, 0.1) is 5.92 Å². The summed E-state index contributed by atoms with van der Waals surface area (Å²) in [4.78, 5) is -0.167. The van der Waals surface area contributed by atoms with Crippen molar-refractivity contribution in [2.24, 2.45) is 5.92 Å². The molecular formula is C14H13Cl3N2O4S. The molecule has 0 saturated carbocycles. The van der Waals surface area contributed by atoms with Gasteiger partial charge in [0.2, 0.25) is 5.88 Å². The molecule has 2 heterocycles. The molecule has 1 unspecified atom stereocenters. The Morgan fingerprint density at radius 1 is 1.33 bits per heavy atom. The van der Waals surface area contributed by atoms with Crippen LogP contribution in [0.5, 0.6) is 11.6 Å². The minimum Gasteiger partial charge on any atom is -0.476 e. The topological polar surface area (TPSA) is 70.4 Å². The fourth-order valence-corrected chi connectivity index (χ4v) is 4.34. The summed E-state index contributed by atoms with van der Waals surface area (Å²) in [7, 11) is -4.21. The molecule has 0 amide bonds. The quantitative estimate of drug-likeness (QED) is 0.710. The van der Waals surface area contributed by atoms with Crippen LogP contribution in [0.2, 0.25) is 15.1 Å². The average Bonchev–Trinajstić information content (AvgIpc) is 2.94. The normalized spacial score (nSPS) is 17.2. The lowest BCUT2D eigenvalue weighted by atomic mass is 10.1. The summed E-state index contributed by atoms with van der Waals surface area (Å²) in [5.41, 5.74) is 0. The summed E-state index contributed by atoms with van der Waals surface area (Å²) in [6.07, 6.45) is 2.11. The van der Waals surface area contributed by atoms with Crippen LogP contribution in [0.4, 0.5) is 0 Å². The summed E-state index contributed by atoms with van der Waals surface area (Å²) >= 11 is 17.8. The Bertz CT molecular complexity index is 859. The molecule has 1 aromatic carbocycles. The molecular weight excluding hydrogens is 399 g/mol. The van der Waals surface area contributed by atoms with Crippen LogP contribution in [0.3, 0.4) is 0 Å². The van der Waals surface area contributed by atoms with Crippen molar-refractivity contribution in [2.45, 2.75) is 24.8 Å². The Kier molecular flexibility index (Phi) is 4.88. The van der Waals surface area contributed by atoms with E-state index in [4.69, 9.17) is 43.7 Å². The number of fused-ring (bicyclic) bond motifs is 1. The van der Waals surface area contributed by atoms with E-state index < -0.39 is 10.1 Å². The lowest BCUT2D eigenvalue weighted by Gasteiger charge is -2.23. The molecule has 0 spiro atoms. The van der Waals surface area contributed by atoms with Gasteiger partial charge in [0.1, 0.15) is 0 Å². The van der Waals surface area contributed by atoms with Crippen LogP contribution in [0.25, 0.3) is 0 Å². The van der Waals surface area contributed by atoms with Crippen molar-refractivity contribution in [1.29, 1.82) is 0 Å². The lowest BCUT2D eigenvalue weighted by molar-refractivity contribution is 0.156. The van der Waals surface area contributed by atoms with Crippen molar-refractivity contribution in [3.05, 3.63) is 33.4 Å². The number of rotatable bonds is 4. The molecule has 6 nitrogen and oxygen atoms in total. The van der Waals surface area contributed by atoms with Crippen molar-refractivity contribution < 1.29 is 17.3 Å². The molecule has 1 atom stereocenters. The summed E-state index contributed by atoms with van der Waals surface area (Å²) in [5.74, 6) is 0.250. The second-order valence-electron chi connectivity index (χ2n) is 5.32. The van der Waals surface area contributed by atoms with E-state index in [1.54, 1.807) is 0 Å². The lowest BCUT2D eigenvalue weighted by Crippen LogP contribution is -2.26. The van der Waals surface area contributed by atoms with Crippen molar-refractivity contribution in [3.63, 3.8) is 0 Å². The standard InChI is InChI=1S/C14H13Cl3N2O4S/c1-2-8-6-19-14(22-7-8)12(5-18-19)24(20,21)23-13-10(16)3-9(15)4-11(13)17/h3-5,8H,2,6-7H2,1H3. The summed E-state index contributed by atoms with van der Waals surface area (Å²) in [6, 6.07) is 2.69. The average molecular weight is 412 g/mol. The van der Waals surface area contributed by atoms with Crippen LogP contribution < -0.4 is 8.92 Å². The van der Waals surface area contributed by atoms with Gasteiger partial charge in [-0.1, -0.05) is 41.7 Å². The Hall–Kier alpha value is -1.15. The van der Waals surface area contributed by atoms with Gasteiger partial charge in [0.05, 0.1) is 29.4 Å². The van der Waals surface area contributed by atoms with Crippen LogP contribution in [-0.2, 0) is 16.7 Å². The number of ether oxygens (including phenoxy) is 1. The molecule has 130 valence electrons. The first-order chi connectivity index (χ1) is 11.3. The zero-order chi connectivity index (χ0) is 17.5. The second kappa shape index (κ2) is 6.63. The zero-order valence-corrected chi connectivity index (χ0v) is 15.6. The molecule has 0 radical (unpaired) electrons. The second-order valence-corrected chi connectivity index (χ2v) is 8.08. The third-order valence-corrected chi connectivity index (χ3v) is 5.63. The number of hydrogen-bond acceptors (Lipinski definition) is 5. The van der Waals surface area contributed by atoms with Gasteiger partial charge in [0.25, 0.3) is 0 Å². The molecule has 2 aromatic rings. The van der Waals surface area contributed by atoms with Gasteiger partial charge in [-0.25, -0.2) is 4.68 Å². The largest absolute Gasteiger partial charge is 0.476 e. The fourth-order valence-electron chi connectivity index (χ4n) is 2.31. The summed E-state index contributed by atoms with van der Waals surface area (Å²) < 4.78 is 37.3. The highest BCUT2D eigenvalue weighted by atomic mass is 35.5. The van der Waals surface area contributed by atoms with Gasteiger partial charge in [0.15, 0.2) is 10.6 Å². The summed E-state index contributed by atoms with van der Waals surface area (Å²) in [6.45, 7) is 3.05. The van der Waals surface area contributed by atoms with Crippen molar-refractivity contribution in [1.82, 2.24) is 9.78 Å². The molecule has 24 heavy (non-hydrogen) atoms. The number of aromatic nitrogens is 2. The van der Waals surface area contributed by atoms with Gasteiger partial charge in [-0.15, -0.1) is 0 Å². The SMILES string of the molecule is CCC1COc2c(S(=O)(=O)Oc3c(Cl)cc(Cl)cc3Cl)cnn2C1. The molecule has 0 aliphatic carbocycles. The van der Waals surface area contributed by atoms with E-state index in [1.165, 1.54) is 23.0 Å². The van der Waals surface area contributed by atoms with Crippen molar-refractivity contribution >= 4 is 44.9 Å². The first kappa shape index (κ1) is 17.7. The minimum atomic E-state index is -4.21. The molecule has 0 N–H and O–H groups in total. The van der Waals surface area contributed by atoms with Crippen LogP contribution in [0.1, 0.15) is 13.3 Å². The van der Waals surface area contributed by atoms with Gasteiger partial charge in [-0.2, -0.15) is 13.5 Å². The predicted molar refractivity (Wildman–Crippen MR) is 90.8 cm³/mol. The fraction of sp³-hybridized carbons (Fsp3) is 0.357. The first-order valence-electron chi connectivity index (χ1n) is 7.09. The first-order valence-corrected chi connectivity index (χ1v) is 9.63. The number of nitrogens with zero attached hydrogens (tertiary/aromatic N) is 2. The maximum atomic E-state index is 12.6. The predicted octanol–water partition coefficient (Wildman–Crippen LogP) is 4.03. The summed E-state index contributed by atoms with van der Waals surface area (Å²) in [5, 5.41) is 4.32. The van der Waals surface area contributed by atoms with Crippen molar-refractivity contribution in [2.75, 3.05) is 6.61 Å². The zero-order valence-electron chi connectivity index (χ0n) is 12.5. The van der Waals surface area contributed by atoms with E-state index in [1.807, 2.05) is 6.92 Å². The van der Waals surface area contributed by atoms with Gasteiger partial charge in [-0.3, -0.25) is 0 Å². The highest BCUT2D eigenvalue weighted by Gasteiger charge is 2.31. The highest BCUT2D eigenvalue weighted by molar-refractivity contribution is 7.87. The van der Waals surface area contributed by atoms with Gasteiger partial charge < -0.3 is 8.92 Å². The molecule has 0 fully saturated rings. The number of benzene rings is 1. The molecule has 10 heteroatoms. The molecule has 0 bridgehead atoms. The van der Waals surface area contributed by atoms with Gasteiger partial charge in [0, 0.05) is 10.9 Å². The maximum absolute atomic E-state index is 12.6. The molecule has 1 aliphatic rings. The van der Waals surface area contributed by atoms with E-state index in [-0.39, 0.29) is 37.5 Å². The Morgan fingerprint density at radius 2 is 2.00 bits per heavy atom. The van der Waals surface area contributed by atoms with E-state index in [9.17, 15) is 8.42 Å². The van der Waals surface area contributed by atoms with Gasteiger partial charge >= 0.3 is 10.1 Å². The Morgan fingerprint density at radius 3 is 2.62 bits per heavy atom. The van der Waals surface area contributed by atoms with E-state index in [2.05, 4.69) is 5.10 Å². The van der Waals surface area contributed by atoms with Gasteiger partial charge in [-0.05, 0) is 18.6 Å². The van der Waals surface area contributed by atoms with Crippen LogP contribution in [-0.4, -0.2) is 24.8 Å². The number of hydrogen-bond donors (Lipinski definition) is 0. The Balaban J connectivity index is 1.95. The van der Waals surface area contributed by atoms with E-state index in [0.717, 1.165) is 6.42 Å². The van der Waals surface area contributed by atoms with Crippen LogP contribution >= 0.6 is 34.8 Å².